The Bertz CT molecular complexity index is 760. The van der Waals surface area contributed by atoms with E-state index in [0.29, 0.717) is 43.9 Å². The molecule has 1 unspecified atom stereocenters. The summed E-state index contributed by atoms with van der Waals surface area (Å²) in [5.41, 5.74) is 9.29. The molecule has 0 bridgehead atoms. The average molecular weight is 418 g/mol. The zero-order valence-corrected chi connectivity index (χ0v) is 18.5. The molecule has 1 atom stereocenters. The molecule has 1 heterocycles. The second-order valence-electron chi connectivity index (χ2n) is 7.39. The van der Waals surface area contributed by atoms with Gasteiger partial charge >= 0.3 is 0 Å². The molecule has 1 aromatic carbocycles. The van der Waals surface area contributed by atoms with Crippen LogP contribution in [0.25, 0.3) is 0 Å². The van der Waals surface area contributed by atoms with Gasteiger partial charge in [-0.05, 0) is 63.3 Å². The molecular formula is C19H32ClN3O3S. The van der Waals surface area contributed by atoms with E-state index >= 15 is 0 Å². The lowest BCUT2D eigenvalue weighted by Crippen LogP contribution is -2.50. The maximum Gasteiger partial charge on any atom is 0.243 e. The Labute approximate surface area is 169 Å². The van der Waals surface area contributed by atoms with Crippen molar-refractivity contribution >= 4 is 28.3 Å². The number of nitrogens with zero attached hydrogens (tertiary/aromatic N) is 2. The molecule has 2 N–H and O–H groups in total. The molecule has 1 aliphatic rings. The first-order chi connectivity index (χ1) is 12.1. The molecule has 8 heteroatoms. The molecule has 0 radical (unpaired) electrons. The van der Waals surface area contributed by atoms with E-state index in [0.717, 1.165) is 22.3 Å². The topological polar surface area (TPSA) is 83.7 Å². The van der Waals surface area contributed by atoms with Gasteiger partial charge in [0.15, 0.2) is 0 Å². The lowest BCUT2D eigenvalue weighted by molar-refractivity contribution is -0.132. The molecule has 1 saturated heterocycles. The van der Waals surface area contributed by atoms with Gasteiger partial charge in [-0.2, -0.15) is 4.31 Å². The van der Waals surface area contributed by atoms with Crippen molar-refractivity contribution in [1.82, 2.24) is 9.21 Å². The highest BCUT2D eigenvalue weighted by atomic mass is 35.5. The molecule has 0 saturated carbocycles. The fraction of sp³-hybridized carbons (Fsp3) is 0.632. The number of hydrogen-bond donors (Lipinski definition) is 1. The summed E-state index contributed by atoms with van der Waals surface area (Å²) < 4.78 is 28.0. The van der Waals surface area contributed by atoms with Gasteiger partial charge in [0.25, 0.3) is 0 Å². The molecule has 154 valence electrons. The van der Waals surface area contributed by atoms with Crippen LogP contribution in [0.4, 0.5) is 0 Å². The second kappa shape index (κ2) is 9.37. The molecule has 0 spiro atoms. The zero-order chi connectivity index (χ0) is 19.6. The van der Waals surface area contributed by atoms with E-state index in [1.807, 2.05) is 40.7 Å². The Balaban J connectivity index is 0.00000364. The minimum Gasteiger partial charge on any atom is -0.340 e. The molecule has 1 aromatic rings. The fourth-order valence-corrected chi connectivity index (χ4v) is 5.38. The monoisotopic (exact) mass is 417 g/mol. The third-order valence-corrected chi connectivity index (χ3v) is 7.47. The van der Waals surface area contributed by atoms with Crippen LogP contribution in [0, 0.1) is 27.7 Å². The van der Waals surface area contributed by atoms with Crippen molar-refractivity contribution in [3.8, 4) is 0 Å². The van der Waals surface area contributed by atoms with E-state index in [9.17, 15) is 13.2 Å². The average Bonchev–Trinajstić information content (AvgIpc) is 2.58. The van der Waals surface area contributed by atoms with E-state index in [1.165, 1.54) is 4.31 Å². The second-order valence-corrected chi connectivity index (χ2v) is 9.27. The number of sulfonamides is 1. The Kier molecular flexibility index (Phi) is 8.29. The van der Waals surface area contributed by atoms with Crippen molar-refractivity contribution in [2.45, 2.75) is 58.4 Å². The molecule has 0 aromatic heterocycles. The normalized spacial score (nSPS) is 16.7. The summed E-state index contributed by atoms with van der Waals surface area (Å²) in [6.45, 7) is 11.0. The summed E-state index contributed by atoms with van der Waals surface area (Å²) in [5.74, 6) is 0.0538. The lowest BCUT2D eigenvalue weighted by atomic mass is 10.0. The molecule has 2 rings (SSSR count). The first-order valence-corrected chi connectivity index (χ1v) is 10.6. The quantitative estimate of drug-likeness (QED) is 0.796. The minimum absolute atomic E-state index is 0. The Morgan fingerprint density at radius 2 is 1.56 bits per heavy atom. The summed E-state index contributed by atoms with van der Waals surface area (Å²) in [7, 11) is -3.57. The van der Waals surface area contributed by atoms with Crippen LogP contribution in [-0.4, -0.2) is 55.8 Å². The van der Waals surface area contributed by atoms with Crippen LogP contribution in [0.5, 0.6) is 0 Å². The molecular weight excluding hydrogens is 386 g/mol. The molecule has 0 aliphatic carbocycles. The van der Waals surface area contributed by atoms with Crippen molar-refractivity contribution in [3.05, 3.63) is 28.3 Å². The smallest absolute Gasteiger partial charge is 0.243 e. The largest absolute Gasteiger partial charge is 0.340 e. The molecule has 1 aliphatic heterocycles. The zero-order valence-electron chi connectivity index (χ0n) is 16.9. The molecule has 6 nitrogen and oxygen atoms in total. The van der Waals surface area contributed by atoms with Crippen molar-refractivity contribution in [2.24, 2.45) is 5.73 Å². The maximum atomic E-state index is 13.2. The van der Waals surface area contributed by atoms with Crippen molar-refractivity contribution in [1.29, 1.82) is 0 Å². The number of rotatable bonds is 5. The standard InChI is InChI=1S/C19H31N3O3S.ClH/c1-13-12-14(2)17(5)19(16(13)4)26(24,25)22-10-8-21(9-11-22)18(23)7-6-15(3)20;/h12,15H,6-11,20H2,1-5H3;1H. The van der Waals surface area contributed by atoms with Gasteiger partial charge < -0.3 is 10.6 Å². The highest BCUT2D eigenvalue weighted by Crippen LogP contribution is 2.29. The van der Waals surface area contributed by atoms with Crippen molar-refractivity contribution in [2.75, 3.05) is 26.2 Å². The first-order valence-electron chi connectivity index (χ1n) is 9.16. The lowest BCUT2D eigenvalue weighted by Gasteiger charge is -2.35. The van der Waals surface area contributed by atoms with Gasteiger partial charge in [-0.25, -0.2) is 8.42 Å². The third-order valence-electron chi connectivity index (χ3n) is 5.30. The van der Waals surface area contributed by atoms with Gasteiger partial charge in [0.2, 0.25) is 15.9 Å². The highest BCUT2D eigenvalue weighted by molar-refractivity contribution is 7.89. The van der Waals surface area contributed by atoms with Gasteiger partial charge in [0.1, 0.15) is 0 Å². The van der Waals surface area contributed by atoms with Gasteiger partial charge in [0, 0.05) is 38.6 Å². The van der Waals surface area contributed by atoms with E-state index in [4.69, 9.17) is 5.73 Å². The van der Waals surface area contributed by atoms with E-state index in [-0.39, 0.29) is 24.4 Å². The summed E-state index contributed by atoms with van der Waals surface area (Å²) in [4.78, 5) is 14.4. The van der Waals surface area contributed by atoms with Gasteiger partial charge in [0.05, 0.1) is 4.90 Å². The number of benzene rings is 1. The van der Waals surface area contributed by atoms with E-state index in [2.05, 4.69) is 0 Å². The Morgan fingerprint density at radius 3 is 2.00 bits per heavy atom. The van der Waals surface area contributed by atoms with Crippen molar-refractivity contribution in [3.63, 3.8) is 0 Å². The summed E-state index contributed by atoms with van der Waals surface area (Å²) in [5, 5.41) is 0. The fourth-order valence-electron chi connectivity index (χ4n) is 3.38. The van der Waals surface area contributed by atoms with Crippen LogP contribution >= 0.6 is 12.4 Å². The molecule has 27 heavy (non-hydrogen) atoms. The van der Waals surface area contributed by atoms with Gasteiger partial charge in [-0.1, -0.05) is 6.07 Å². The molecule has 1 fully saturated rings. The SMILES string of the molecule is Cc1cc(C)c(C)c(S(=O)(=O)N2CCN(C(=O)CCC(C)N)CC2)c1C.Cl. The number of aryl methyl sites for hydroxylation is 2. The predicted octanol–water partition coefficient (Wildman–Crippen LogP) is 2.30. The number of nitrogens with two attached hydrogens (primary N) is 1. The van der Waals surface area contributed by atoms with E-state index in [1.54, 1.807) is 4.90 Å². The molecule has 1 amide bonds. The van der Waals surface area contributed by atoms with Crippen LogP contribution in [0.1, 0.15) is 42.0 Å². The summed E-state index contributed by atoms with van der Waals surface area (Å²) in [6, 6.07) is 2.02. The first kappa shape index (κ1) is 23.9. The number of amides is 1. The van der Waals surface area contributed by atoms with Gasteiger partial charge in [-0.15, -0.1) is 12.4 Å². The van der Waals surface area contributed by atoms with E-state index < -0.39 is 10.0 Å². The number of halogens is 1. The maximum absolute atomic E-state index is 13.2. The number of piperazine rings is 1. The highest BCUT2D eigenvalue weighted by Gasteiger charge is 2.32. The van der Waals surface area contributed by atoms with Gasteiger partial charge in [-0.3, -0.25) is 4.79 Å². The number of hydrogen-bond acceptors (Lipinski definition) is 4. The minimum atomic E-state index is -3.57. The summed E-state index contributed by atoms with van der Waals surface area (Å²) in [6.07, 6.45) is 1.07. The van der Waals surface area contributed by atoms with Crippen LogP contribution in [0.15, 0.2) is 11.0 Å². The van der Waals surface area contributed by atoms with Crippen LogP contribution in [-0.2, 0) is 14.8 Å². The van der Waals surface area contributed by atoms with Crippen LogP contribution in [0.2, 0.25) is 0 Å². The summed E-state index contributed by atoms with van der Waals surface area (Å²) >= 11 is 0. The Hall–Kier alpha value is -1.15. The number of carbonyl (C=O) groups is 1. The number of carbonyl (C=O) groups excluding carboxylic acids is 1. The van der Waals surface area contributed by atoms with Crippen LogP contribution in [0.3, 0.4) is 0 Å². The third kappa shape index (κ3) is 5.22. The van der Waals surface area contributed by atoms with Crippen LogP contribution < -0.4 is 5.73 Å². The van der Waals surface area contributed by atoms with Crippen molar-refractivity contribution < 1.29 is 13.2 Å². The predicted molar refractivity (Wildman–Crippen MR) is 111 cm³/mol. The Morgan fingerprint density at radius 1 is 1.07 bits per heavy atom.